The smallest absolute Gasteiger partial charge is 0.317 e. The summed E-state index contributed by atoms with van der Waals surface area (Å²) in [6.45, 7) is 10.6. The lowest BCUT2D eigenvalue weighted by molar-refractivity contribution is -0.143. The van der Waals surface area contributed by atoms with Crippen LogP contribution >= 0.6 is 0 Å². The molecular formula is C20H31N3O3. The first-order valence-corrected chi connectivity index (χ1v) is 9.48. The van der Waals surface area contributed by atoms with Gasteiger partial charge in [-0.3, -0.25) is 9.69 Å². The summed E-state index contributed by atoms with van der Waals surface area (Å²) in [6.07, 6.45) is 0.632. The fourth-order valence-corrected chi connectivity index (χ4v) is 3.45. The van der Waals surface area contributed by atoms with E-state index < -0.39 is 11.9 Å². The van der Waals surface area contributed by atoms with Crippen molar-refractivity contribution in [2.75, 3.05) is 26.2 Å². The van der Waals surface area contributed by atoms with Gasteiger partial charge in [-0.1, -0.05) is 45.0 Å². The number of carbonyl (C=O) groups excluding carboxylic acids is 1. The van der Waals surface area contributed by atoms with E-state index in [-0.39, 0.29) is 18.5 Å². The van der Waals surface area contributed by atoms with Crippen LogP contribution in [0.2, 0.25) is 0 Å². The van der Waals surface area contributed by atoms with E-state index in [0.717, 1.165) is 25.2 Å². The number of carboxylic acids is 1. The van der Waals surface area contributed by atoms with Crippen molar-refractivity contribution >= 4 is 12.0 Å². The van der Waals surface area contributed by atoms with Crippen LogP contribution in [-0.4, -0.2) is 53.1 Å². The minimum absolute atomic E-state index is 0.185. The number of likely N-dealkylation sites (tertiary alicyclic amines) is 1. The van der Waals surface area contributed by atoms with E-state index in [9.17, 15) is 14.7 Å². The van der Waals surface area contributed by atoms with E-state index >= 15 is 0 Å². The second-order valence-electron chi connectivity index (χ2n) is 7.22. The second kappa shape index (κ2) is 9.57. The molecule has 1 saturated heterocycles. The number of nitrogens with zero attached hydrogens (tertiary/aromatic N) is 2. The van der Waals surface area contributed by atoms with Gasteiger partial charge < -0.3 is 15.3 Å². The summed E-state index contributed by atoms with van der Waals surface area (Å²) >= 11 is 0. The summed E-state index contributed by atoms with van der Waals surface area (Å²) in [5, 5.41) is 12.1. The summed E-state index contributed by atoms with van der Waals surface area (Å²) in [5.41, 5.74) is 2.31. The third kappa shape index (κ3) is 5.73. The zero-order valence-corrected chi connectivity index (χ0v) is 16.1. The molecule has 1 aliphatic heterocycles. The van der Waals surface area contributed by atoms with Gasteiger partial charge in [-0.05, 0) is 36.6 Å². The maximum Gasteiger partial charge on any atom is 0.317 e. The van der Waals surface area contributed by atoms with Crippen LogP contribution in [0.4, 0.5) is 4.79 Å². The summed E-state index contributed by atoms with van der Waals surface area (Å²) < 4.78 is 0. The highest BCUT2D eigenvalue weighted by Gasteiger charge is 2.31. The monoisotopic (exact) mass is 361 g/mol. The Bertz CT molecular complexity index is 599. The summed E-state index contributed by atoms with van der Waals surface area (Å²) in [6, 6.07) is 8.10. The third-order valence-electron chi connectivity index (χ3n) is 5.06. The van der Waals surface area contributed by atoms with Crippen LogP contribution in [0.1, 0.15) is 38.3 Å². The molecule has 0 bridgehead atoms. The lowest BCUT2D eigenvalue weighted by atomic mass is 9.91. The summed E-state index contributed by atoms with van der Waals surface area (Å²) in [5.74, 6) is -1.09. The van der Waals surface area contributed by atoms with Gasteiger partial charge in [0.15, 0.2) is 0 Å². The van der Waals surface area contributed by atoms with E-state index in [1.807, 2.05) is 19.1 Å². The lowest BCUT2D eigenvalue weighted by Crippen LogP contribution is -2.49. The standard InChI is InChI=1S/C20H31N3O3/c1-4-22(5-2)13-17-8-6-16(7-9-17)11-21-20(26)23-12-15(3)10-18(14-23)19(24)25/h6-9,15,18H,4-5,10-14H2,1-3H3,(H,21,26)(H,24,25). The molecule has 6 heteroatoms. The van der Waals surface area contributed by atoms with Crippen LogP contribution in [0.3, 0.4) is 0 Å². The fourth-order valence-electron chi connectivity index (χ4n) is 3.45. The number of carbonyl (C=O) groups is 2. The molecule has 1 heterocycles. The Kier molecular flexibility index (Phi) is 7.45. The number of rotatable bonds is 7. The van der Waals surface area contributed by atoms with Gasteiger partial charge in [0.1, 0.15) is 0 Å². The van der Waals surface area contributed by atoms with Gasteiger partial charge in [0.25, 0.3) is 0 Å². The number of hydrogen-bond donors (Lipinski definition) is 2. The molecule has 2 amide bonds. The number of amides is 2. The molecule has 1 fully saturated rings. The maximum absolute atomic E-state index is 12.4. The zero-order valence-electron chi connectivity index (χ0n) is 16.1. The summed E-state index contributed by atoms with van der Waals surface area (Å²) in [4.78, 5) is 27.6. The van der Waals surface area contributed by atoms with Gasteiger partial charge in [0.05, 0.1) is 5.92 Å². The van der Waals surface area contributed by atoms with Crippen molar-refractivity contribution in [1.82, 2.24) is 15.1 Å². The molecular weight excluding hydrogens is 330 g/mol. The quantitative estimate of drug-likeness (QED) is 0.783. The van der Waals surface area contributed by atoms with Crippen LogP contribution in [-0.2, 0) is 17.9 Å². The van der Waals surface area contributed by atoms with Crippen molar-refractivity contribution < 1.29 is 14.7 Å². The highest BCUT2D eigenvalue weighted by atomic mass is 16.4. The van der Waals surface area contributed by atoms with Crippen molar-refractivity contribution in [1.29, 1.82) is 0 Å². The number of nitrogens with one attached hydrogen (secondary N) is 1. The first-order chi connectivity index (χ1) is 12.4. The zero-order chi connectivity index (χ0) is 19.1. The normalized spacial score (nSPS) is 20.2. The molecule has 1 aromatic rings. The molecule has 2 atom stereocenters. The Morgan fingerprint density at radius 2 is 1.77 bits per heavy atom. The van der Waals surface area contributed by atoms with Gasteiger partial charge in [0, 0.05) is 26.2 Å². The maximum atomic E-state index is 12.4. The second-order valence-corrected chi connectivity index (χ2v) is 7.22. The van der Waals surface area contributed by atoms with E-state index in [1.54, 1.807) is 4.90 Å². The molecule has 1 aromatic carbocycles. The summed E-state index contributed by atoms with van der Waals surface area (Å²) in [7, 11) is 0. The number of aliphatic carboxylic acids is 1. The largest absolute Gasteiger partial charge is 0.481 e. The van der Waals surface area contributed by atoms with Crippen LogP contribution in [0.25, 0.3) is 0 Å². The van der Waals surface area contributed by atoms with Gasteiger partial charge in [-0.15, -0.1) is 0 Å². The highest BCUT2D eigenvalue weighted by Crippen LogP contribution is 2.21. The van der Waals surface area contributed by atoms with Crippen molar-refractivity contribution in [2.24, 2.45) is 11.8 Å². The van der Waals surface area contributed by atoms with Crippen LogP contribution < -0.4 is 5.32 Å². The predicted octanol–water partition coefficient (Wildman–Crippen LogP) is 2.78. The third-order valence-corrected chi connectivity index (χ3v) is 5.06. The minimum Gasteiger partial charge on any atom is -0.481 e. The van der Waals surface area contributed by atoms with Crippen molar-refractivity contribution in [3.63, 3.8) is 0 Å². The molecule has 2 unspecified atom stereocenters. The Hall–Kier alpha value is -2.08. The number of urea groups is 1. The van der Waals surface area contributed by atoms with Crippen LogP contribution in [0, 0.1) is 11.8 Å². The Morgan fingerprint density at radius 3 is 2.35 bits per heavy atom. The van der Waals surface area contributed by atoms with Crippen LogP contribution in [0.15, 0.2) is 24.3 Å². The molecule has 144 valence electrons. The van der Waals surface area contributed by atoms with Gasteiger partial charge in [-0.25, -0.2) is 4.79 Å². The molecule has 2 rings (SSSR count). The predicted molar refractivity (Wildman–Crippen MR) is 102 cm³/mol. The number of piperidine rings is 1. The average molecular weight is 361 g/mol. The number of carboxylic acid groups (broad SMARTS) is 1. The van der Waals surface area contributed by atoms with E-state index in [2.05, 4.69) is 36.2 Å². The molecule has 0 spiro atoms. The average Bonchev–Trinajstić information content (AvgIpc) is 2.64. The van der Waals surface area contributed by atoms with E-state index in [4.69, 9.17) is 0 Å². The van der Waals surface area contributed by atoms with Gasteiger partial charge >= 0.3 is 12.0 Å². The van der Waals surface area contributed by atoms with Crippen molar-refractivity contribution in [3.05, 3.63) is 35.4 Å². The fraction of sp³-hybridized carbons (Fsp3) is 0.600. The molecule has 26 heavy (non-hydrogen) atoms. The Morgan fingerprint density at radius 1 is 1.15 bits per heavy atom. The molecule has 0 radical (unpaired) electrons. The van der Waals surface area contributed by atoms with Gasteiger partial charge in [-0.2, -0.15) is 0 Å². The Balaban J connectivity index is 1.86. The molecule has 6 nitrogen and oxygen atoms in total. The minimum atomic E-state index is -0.821. The number of hydrogen-bond acceptors (Lipinski definition) is 3. The highest BCUT2D eigenvalue weighted by molar-refractivity contribution is 5.76. The lowest BCUT2D eigenvalue weighted by Gasteiger charge is -2.34. The van der Waals surface area contributed by atoms with Gasteiger partial charge in [0.2, 0.25) is 0 Å². The van der Waals surface area contributed by atoms with Crippen molar-refractivity contribution in [3.8, 4) is 0 Å². The first-order valence-electron chi connectivity index (χ1n) is 9.48. The molecule has 0 aliphatic carbocycles. The van der Waals surface area contributed by atoms with E-state index in [0.29, 0.717) is 19.5 Å². The Labute approximate surface area is 156 Å². The SMILES string of the molecule is CCN(CC)Cc1ccc(CNC(=O)N2CC(C)CC(C(=O)O)C2)cc1. The molecule has 0 aromatic heterocycles. The molecule has 0 saturated carbocycles. The number of benzene rings is 1. The van der Waals surface area contributed by atoms with Crippen molar-refractivity contribution in [2.45, 2.75) is 40.3 Å². The molecule has 2 N–H and O–H groups in total. The van der Waals surface area contributed by atoms with E-state index in [1.165, 1.54) is 5.56 Å². The topological polar surface area (TPSA) is 72.9 Å². The molecule has 1 aliphatic rings. The van der Waals surface area contributed by atoms with Crippen LogP contribution in [0.5, 0.6) is 0 Å². The first kappa shape index (κ1) is 20.2.